The van der Waals surface area contributed by atoms with E-state index in [0.717, 1.165) is 36.3 Å². The van der Waals surface area contributed by atoms with Gasteiger partial charge in [0.15, 0.2) is 11.2 Å². The van der Waals surface area contributed by atoms with E-state index in [0.29, 0.717) is 30.2 Å². The van der Waals surface area contributed by atoms with Gasteiger partial charge in [-0.3, -0.25) is 23.4 Å². The number of nitrogens with zero attached hydrogens (tertiary/aromatic N) is 7. The molecular weight excluding hydrogens is 382 g/mol. The lowest BCUT2D eigenvalue weighted by atomic mass is 10.00. The topological polar surface area (TPSA) is 80.7 Å². The third-order valence-electron chi connectivity index (χ3n) is 6.07. The molecule has 9 nitrogen and oxygen atoms in total. The molecule has 156 valence electrons. The monoisotopic (exact) mass is 407 g/mol. The van der Waals surface area contributed by atoms with E-state index in [1.165, 1.54) is 22.7 Å². The Bertz CT molecular complexity index is 1300. The van der Waals surface area contributed by atoms with Gasteiger partial charge in [-0.1, -0.05) is 24.3 Å². The van der Waals surface area contributed by atoms with Gasteiger partial charge in [0, 0.05) is 33.7 Å². The Morgan fingerprint density at radius 2 is 1.77 bits per heavy atom. The van der Waals surface area contributed by atoms with E-state index < -0.39 is 0 Å². The molecule has 2 aliphatic heterocycles. The van der Waals surface area contributed by atoms with Crippen molar-refractivity contribution >= 4 is 22.8 Å². The molecule has 0 atom stereocenters. The van der Waals surface area contributed by atoms with Crippen LogP contribution in [0.25, 0.3) is 11.2 Å². The van der Waals surface area contributed by atoms with E-state index in [1.54, 1.807) is 7.05 Å². The largest absolute Gasteiger partial charge is 0.332 e. The quantitative estimate of drug-likeness (QED) is 0.638. The van der Waals surface area contributed by atoms with E-state index in [9.17, 15) is 9.59 Å². The van der Waals surface area contributed by atoms with Crippen molar-refractivity contribution in [1.29, 1.82) is 0 Å². The van der Waals surface area contributed by atoms with E-state index >= 15 is 0 Å². The van der Waals surface area contributed by atoms with Crippen molar-refractivity contribution in [1.82, 2.24) is 23.6 Å². The molecule has 0 N–H and O–H groups in total. The molecule has 9 heteroatoms. The van der Waals surface area contributed by atoms with Crippen LogP contribution in [0.2, 0.25) is 0 Å². The minimum absolute atomic E-state index is 0.325. The number of aryl methyl sites for hydroxylation is 1. The van der Waals surface area contributed by atoms with Crippen molar-refractivity contribution < 1.29 is 0 Å². The van der Waals surface area contributed by atoms with Gasteiger partial charge in [0.05, 0.1) is 18.8 Å². The SMILES string of the molecule is CC1=NN(CCN2CCc3ccccc3C2)c2nc3c(c(=O)n(C)c(=O)n3C)n2C1. The first-order valence-electron chi connectivity index (χ1n) is 10.2. The summed E-state index contributed by atoms with van der Waals surface area (Å²) in [7, 11) is 3.14. The molecule has 0 spiro atoms. The minimum atomic E-state index is -0.376. The summed E-state index contributed by atoms with van der Waals surface area (Å²) in [6, 6.07) is 8.59. The van der Waals surface area contributed by atoms with Crippen molar-refractivity contribution in [2.45, 2.75) is 26.4 Å². The molecule has 0 amide bonds. The molecular formula is C21H25N7O2. The first kappa shape index (κ1) is 18.8. The molecule has 0 unspecified atom stereocenters. The van der Waals surface area contributed by atoms with Crippen LogP contribution in [0.15, 0.2) is 39.0 Å². The minimum Gasteiger partial charge on any atom is -0.297 e. The van der Waals surface area contributed by atoms with Gasteiger partial charge < -0.3 is 0 Å². The molecule has 0 aliphatic carbocycles. The van der Waals surface area contributed by atoms with E-state index in [-0.39, 0.29) is 11.2 Å². The second-order valence-electron chi connectivity index (χ2n) is 8.13. The van der Waals surface area contributed by atoms with Gasteiger partial charge in [-0.25, -0.2) is 9.80 Å². The fourth-order valence-corrected chi connectivity index (χ4v) is 4.42. The van der Waals surface area contributed by atoms with Crippen LogP contribution < -0.4 is 16.3 Å². The van der Waals surface area contributed by atoms with Crippen molar-refractivity contribution in [3.05, 3.63) is 56.2 Å². The van der Waals surface area contributed by atoms with E-state index in [4.69, 9.17) is 5.10 Å². The summed E-state index contributed by atoms with van der Waals surface area (Å²) in [6.07, 6.45) is 1.05. The molecule has 0 saturated carbocycles. The summed E-state index contributed by atoms with van der Waals surface area (Å²) < 4.78 is 4.44. The normalized spacial score (nSPS) is 16.5. The Morgan fingerprint density at radius 3 is 2.57 bits per heavy atom. The average Bonchev–Trinajstić information content (AvgIpc) is 3.14. The Hall–Kier alpha value is -3.20. The Kier molecular flexibility index (Phi) is 4.35. The fraction of sp³-hybridized carbons (Fsp3) is 0.429. The van der Waals surface area contributed by atoms with Crippen LogP contribution in [0.5, 0.6) is 0 Å². The molecule has 4 heterocycles. The van der Waals surface area contributed by atoms with Gasteiger partial charge in [0.1, 0.15) is 0 Å². The van der Waals surface area contributed by atoms with Crippen molar-refractivity contribution in [2.24, 2.45) is 19.2 Å². The highest BCUT2D eigenvalue weighted by Crippen LogP contribution is 2.24. The number of hydrogen-bond acceptors (Lipinski definition) is 6. The van der Waals surface area contributed by atoms with Crippen LogP contribution in [-0.4, -0.2) is 48.9 Å². The molecule has 2 aromatic heterocycles. The maximum atomic E-state index is 12.8. The molecule has 3 aromatic rings. The summed E-state index contributed by atoms with van der Waals surface area (Å²) in [6.45, 7) is 5.89. The second-order valence-corrected chi connectivity index (χ2v) is 8.13. The first-order valence-corrected chi connectivity index (χ1v) is 10.2. The number of aromatic nitrogens is 4. The summed E-state index contributed by atoms with van der Waals surface area (Å²) >= 11 is 0. The summed E-state index contributed by atoms with van der Waals surface area (Å²) in [4.78, 5) is 32.2. The van der Waals surface area contributed by atoms with Crippen molar-refractivity contribution in [3.63, 3.8) is 0 Å². The van der Waals surface area contributed by atoms with Gasteiger partial charge in [0.25, 0.3) is 5.56 Å². The highest BCUT2D eigenvalue weighted by Gasteiger charge is 2.26. The highest BCUT2D eigenvalue weighted by atomic mass is 16.2. The smallest absolute Gasteiger partial charge is 0.297 e. The van der Waals surface area contributed by atoms with Crippen molar-refractivity contribution in [3.8, 4) is 0 Å². The van der Waals surface area contributed by atoms with E-state index in [1.807, 2.05) is 16.5 Å². The zero-order valence-corrected chi connectivity index (χ0v) is 17.5. The average molecular weight is 407 g/mol. The lowest BCUT2D eigenvalue weighted by molar-refractivity contribution is 0.259. The summed E-state index contributed by atoms with van der Waals surface area (Å²) in [5.74, 6) is 0.617. The number of fused-ring (bicyclic) bond motifs is 4. The first-order chi connectivity index (χ1) is 14.4. The zero-order chi connectivity index (χ0) is 21.0. The number of imidazole rings is 1. The lowest BCUT2D eigenvalue weighted by Gasteiger charge is -2.31. The van der Waals surface area contributed by atoms with Crippen LogP contribution in [-0.2, 0) is 33.6 Å². The third-order valence-corrected chi connectivity index (χ3v) is 6.07. The molecule has 0 fully saturated rings. The Balaban J connectivity index is 1.46. The van der Waals surface area contributed by atoms with Crippen LogP contribution in [0.1, 0.15) is 18.1 Å². The van der Waals surface area contributed by atoms with Gasteiger partial charge in [0.2, 0.25) is 5.95 Å². The van der Waals surface area contributed by atoms with Crippen LogP contribution in [0.4, 0.5) is 5.95 Å². The van der Waals surface area contributed by atoms with Crippen LogP contribution in [0.3, 0.4) is 0 Å². The Labute approximate surface area is 173 Å². The maximum absolute atomic E-state index is 12.8. The standard InChI is InChI=1S/C21H25N7O2/c1-14-12-27-17-18(24(2)21(30)25(3)19(17)29)22-20(27)28(23-14)11-10-26-9-8-15-6-4-5-7-16(15)13-26/h4-7H,8-13H2,1-3H3. The molecule has 30 heavy (non-hydrogen) atoms. The second kappa shape index (κ2) is 6.94. The molecule has 5 rings (SSSR count). The Morgan fingerprint density at radius 1 is 1.00 bits per heavy atom. The number of rotatable bonds is 3. The molecule has 1 aromatic carbocycles. The molecule has 0 bridgehead atoms. The lowest BCUT2D eigenvalue weighted by Crippen LogP contribution is -2.39. The maximum Gasteiger partial charge on any atom is 0.332 e. The number of hydrogen-bond donors (Lipinski definition) is 0. The predicted molar refractivity (Wildman–Crippen MR) is 116 cm³/mol. The highest BCUT2D eigenvalue weighted by molar-refractivity contribution is 5.87. The third kappa shape index (κ3) is 2.88. The van der Waals surface area contributed by atoms with Crippen molar-refractivity contribution in [2.75, 3.05) is 24.6 Å². The molecule has 2 aliphatic rings. The van der Waals surface area contributed by atoms with Crippen LogP contribution >= 0.6 is 0 Å². The van der Waals surface area contributed by atoms with E-state index in [2.05, 4.69) is 34.1 Å². The number of benzene rings is 1. The summed E-state index contributed by atoms with van der Waals surface area (Å²) in [5, 5.41) is 6.56. The number of anilines is 1. The summed E-state index contributed by atoms with van der Waals surface area (Å²) in [5.41, 5.74) is 3.86. The van der Waals surface area contributed by atoms with Gasteiger partial charge in [-0.2, -0.15) is 10.1 Å². The molecule has 0 radical (unpaired) electrons. The predicted octanol–water partition coefficient (Wildman–Crippen LogP) is 0.688. The number of hydrazone groups is 1. The zero-order valence-electron chi connectivity index (χ0n) is 17.5. The van der Waals surface area contributed by atoms with Gasteiger partial charge in [-0.05, 0) is 24.5 Å². The van der Waals surface area contributed by atoms with Gasteiger partial charge in [-0.15, -0.1) is 0 Å². The fourth-order valence-electron chi connectivity index (χ4n) is 4.42. The van der Waals surface area contributed by atoms with Gasteiger partial charge >= 0.3 is 5.69 Å². The molecule has 0 saturated heterocycles. The van der Waals surface area contributed by atoms with Crippen LogP contribution in [0, 0.1) is 0 Å².